The molecule has 0 saturated heterocycles. The van der Waals surface area contributed by atoms with Crippen LogP contribution in [0.4, 0.5) is 0 Å². The van der Waals surface area contributed by atoms with Crippen molar-refractivity contribution in [2.45, 2.75) is 7.43 Å². The molecule has 0 aliphatic carbocycles. The maximum absolute atomic E-state index is 10.5. The third kappa shape index (κ3) is 12.2. The number of carbonyl (C=O) groups is 2. The summed E-state index contributed by atoms with van der Waals surface area (Å²) in [6.07, 6.45) is 0. The molecule has 0 radical (unpaired) electrons. The van der Waals surface area contributed by atoms with Gasteiger partial charge in [-0.05, 0) is 36.4 Å². The van der Waals surface area contributed by atoms with Crippen molar-refractivity contribution in [1.82, 2.24) is 0 Å². The molecule has 2 aromatic carbocycles. The molecule has 0 spiro atoms. The summed E-state index contributed by atoms with van der Waals surface area (Å²) in [6.45, 7) is 0. The minimum atomic E-state index is -1.03. The van der Waals surface area contributed by atoms with Crippen molar-refractivity contribution in [3.8, 4) is 5.75 Å². The molecule has 0 aliphatic rings. The Bertz CT molecular complexity index is 720. The van der Waals surface area contributed by atoms with Crippen LogP contribution in [0.1, 0.15) is 28.1 Å². The molecule has 144 valence electrons. The molecule has 27 heavy (non-hydrogen) atoms. The van der Waals surface area contributed by atoms with Gasteiger partial charge in [-0.1, -0.05) is 42.2 Å². The monoisotopic (exact) mass is 446 g/mol. The number of methoxy groups -OCH3 is 1. The fourth-order valence-corrected chi connectivity index (χ4v) is 2.23. The number of benzene rings is 2. The first kappa shape index (κ1) is 30.7. The van der Waals surface area contributed by atoms with E-state index in [1.54, 1.807) is 6.07 Å². The van der Waals surface area contributed by atoms with E-state index in [0.717, 1.165) is 7.11 Å². The maximum Gasteiger partial charge on any atom is 1.00 e. The second-order valence-electron chi connectivity index (χ2n) is 4.15. The number of carboxylic acids is 2. The molecule has 0 atom stereocenters. The van der Waals surface area contributed by atoms with Gasteiger partial charge in [0.05, 0.1) is 18.2 Å². The summed E-state index contributed by atoms with van der Waals surface area (Å²) in [5.41, 5.74) is 0.224. The van der Waals surface area contributed by atoms with Crippen molar-refractivity contribution in [2.75, 3.05) is 14.2 Å². The number of aromatic carboxylic acids is 2. The predicted molar refractivity (Wildman–Crippen MR) is 101 cm³/mol. The zero-order valence-corrected chi connectivity index (χ0v) is 18.4. The molecule has 6 nitrogen and oxygen atoms in total. The SMILES string of the molecule is C.COc1cc(Cl)cc(C(=O)O)c1.C[O-].O=C(O)c1cc(Cl)cc(Cl)c1.[Na+]. The molecule has 2 aromatic rings. The molecule has 0 aliphatic heterocycles. The van der Waals surface area contributed by atoms with Gasteiger partial charge >= 0.3 is 41.5 Å². The molecule has 10 heteroatoms. The molecule has 2 rings (SSSR count). The van der Waals surface area contributed by atoms with E-state index in [9.17, 15) is 9.59 Å². The Kier molecular flexibility index (Phi) is 18.2. The smallest absolute Gasteiger partial charge is 0.857 e. The number of hydrogen-bond donors (Lipinski definition) is 2. The van der Waals surface area contributed by atoms with Crippen LogP contribution in [0.15, 0.2) is 36.4 Å². The van der Waals surface area contributed by atoms with Crippen LogP contribution >= 0.6 is 34.8 Å². The van der Waals surface area contributed by atoms with Gasteiger partial charge in [0.15, 0.2) is 0 Å². The Balaban J connectivity index is -0.000000367. The maximum atomic E-state index is 10.5. The normalized spacial score (nSPS) is 8.37. The first-order valence-corrected chi connectivity index (χ1v) is 7.54. The zero-order valence-electron chi connectivity index (χ0n) is 14.1. The Morgan fingerprint density at radius 2 is 1.15 bits per heavy atom. The fourth-order valence-electron chi connectivity index (χ4n) is 1.48. The van der Waals surface area contributed by atoms with Gasteiger partial charge in [-0.25, -0.2) is 9.59 Å². The Morgan fingerprint density at radius 1 is 0.815 bits per heavy atom. The van der Waals surface area contributed by atoms with Crippen molar-refractivity contribution in [3.63, 3.8) is 0 Å². The van der Waals surface area contributed by atoms with Crippen LogP contribution in [0, 0.1) is 0 Å². The van der Waals surface area contributed by atoms with Crippen molar-refractivity contribution in [3.05, 3.63) is 62.6 Å². The molecule has 0 amide bonds. The summed E-state index contributed by atoms with van der Waals surface area (Å²) in [4.78, 5) is 20.9. The average Bonchev–Trinajstić information content (AvgIpc) is 2.55. The molecule has 0 heterocycles. The van der Waals surface area contributed by atoms with Crippen molar-refractivity contribution < 1.29 is 59.2 Å². The quantitative estimate of drug-likeness (QED) is 0.688. The second kappa shape index (κ2) is 16.0. The van der Waals surface area contributed by atoms with Gasteiger partial charge in [0, 0.05) is 15.1 Å². The van der Waals surface area contributed by atoms with E-state index in [1.807, 2.05) is 0 Å². The molecule has 0 unspecified atom stereocenters. The first-order valence-electron chi connectivity index (χ1n) is 6.41. The van der Waals surface area contributed by atoms with Crippen molar-refractivity contribution >= 4 is 46.7 Å². The van der Waals surface area contributed by atoms with E-state index < -0.39 is 11.9 Å². The molecule has 0 fully saturated rings. The van der Waals surface area contributed by atoms with E-state index in [-0.39, 0.29) is 48.1 Å². The van der Waals surface area contributed by atoms with Crippen LogP contribution in [0.2, 0.25) is 15.1 Å². The van der Waals surface area contributed by atoms with Crippen LogP contribution in [-0.2, 0) is 0 Å². The Labute approximate surface area is 194 Å². The number of halogens is 3. The molecule has 0 bridgehead atoms. The summed E-state index contributed by atoms with van der Waals surface area (Å²) in [6, 6.07) is 8.50. The van der Waals surface area contributed by atoms with E-state index in [2.05, 4.69) is 0 Å². The standard InChI is InChI=1S/C8H7ClO3.C7H4Cl2O2.CH3O.CH4.Na/c1-12-7-3-5(8(10)11)2-6(9)4-7;8-5-1-4(7(10)11)2-6(9)3-5;1-2;;/h2-4H,1H3,(H,10,11);1-3H,(H,10,11);1H3;1H4;/q;;-1;;+1. The van der Waals surface area contributed by atoms with Gasteiger partial charge < -0.3 is 20.1 Å². The summed E-state index contributed by atoms with van der Waals surface area (Å²) < 4.78 is 4.84. The van der Waals surface area contributed by atoms with Gasteiger partial charge in [0.1, 0.15) is 5.75 Å². The molecule has 2 N–H and O–H groups in total. The fraction of sp³-hybridized carbons (Fsp3) is 0.176. The molecule has 0 saturated carbocycles. The predicted octanol–water partition coefficient (Wildman–Crippen LogP) is 1.35. The van der Waals surface area contributed by atoms with Crippen LogP contribution in [0.25, 0.3) is 0 Å². The third-order valence-corrected chi connectivity index (χ3v) is 3.12. The molecular weight excluding hydrogens is 430 g/mol. The molecule has 0 aromatic heterocycles. The molecular formula is C17H18Cl3NaO6. The van der Waals surface area contributed by atoms with E-state index >= 15 is 0 Å². The second-order valence-corrected chi connectivity index (χ2v) is 5.46. The first-order chi connectivity index (χ1) is 11.7. The number of ether oxygens (including phenoxy) is 1. The van der Waals surface area contributed by atoms with Gasteiger partial charge in [0.25, 0.3) is 0 Å². The zero-order chi connectivity index (χ0) is 19.6. The van der Waals surface area contributed by atoms with E-state index in [1.165, 1.54) is 37.4 Å². The van der Waals surface area contributed by atoms with Crippen molar-refractivity contribution in [1.29, 1.82) is 0 Å². The van der Waals surface area contributed by atoms with E-state index in [0.29, 0.717) is 20.8 Å². The van der Waals surface area contributed by atoms with Crippen LogP contribution in [0.3, 0.4) is 0 Å². The van der Waals surface area contributed by atoms with Gasteiger partial charge in [0.2, 0.25) is 0 Å². The summed E-state index contributed by atoms with van der Waals surface area (Å²) in [7, 11) is 2.21. The van der Waals surface area contributed by atoms with Crippen LogP contribution in [0.5, 0.6) is 5.75 Å². The summed E-state index contributed by atoms with van der Waals surface area (Å²) in [5.74, 6) is -1.61. The van der Waals surface area contributed by atoms with Crippen molar-refractivity contribution in [2.24, 2.45) is 0 Å². The Hall–Kier alpha value is -0.990. The topological polar surface area (TPSA) is 107 Å². The minimum Gasteiger partial charge on any atom is -0.857 e. The van der Waals surface area contributed by atoms with E-state index in [4.69, 9.17) is 54.9 Å². The van der Waals surface area contributed by atoms with Crippen LogP contribution in [-0.4, -0.2) is 36.4 Å². The van der Waals surface area contributed by atoms with Gasteiger partial charge in [-0.3, -0.25) is 0 Å². The number of hydrogen-bond acceptors (Lipinski definition) is 4. The third-order valence-electron chi connectivity index (χ3n) is 2.46. The number of carboxylic acid groups (broad SMARTS) is 2. The van der Waals surface area contributed by atoms with Crippen LogP contribution < -0.4 is 39.4 Å². The average molecular weight is 448 g/mol. The number of rotatable bonds is 3. The minimum absolute atomic E-state index is 0. The van der Waals surface area contributed by atoms with Gasteiger partial charge in [-0.15, -0.1) is 0 Å². The summed E-state index contributed by atoms with van der Waals surface area (Å²) >= 11 is 16.7. The Morgan fingerprint density at radius 3 is 1.48 bits per heavy atom. The largest absolute Gasteiger partial charge is 1.00 e. The van der Waals surface area contributed by atoms with Gasteiger partial charge in [-0.2, -0.15) is 7.11 Å². The summed E-state index contributed by atoms with van der Waals surface area (Å²) in [5, 5.41) is 26.4.